The van der Waals surface area contributed by atoms with Crippen LogP contribution in [0.25, 0.3) is 11.6 Å². The van der Waals surface area contributed by atoms with E-state index in [9.17, 15) is 0 Å². The minimum atomic E-state index is 0. The maximum Gasteiger partial charge on any atom is 0.161 e. The highest BCUT2D eigenvalue weighted by molar-refractivity contribution is 5.85. The summed E-state index contributed by atoms with van der Waals surface area (Å²) in [6.07, 6.45) is 1.43. The molecule has 0 aliphatic carbocycles. The number of halogens is 1. The molecule has 0 saturated heterocycles. The molecule has 0 amide bonds. The fourth-order valence-corrected chi connectivity index (χ4v) is 1.97. The van der Waals surface area contributed by atoms with E-state index in [1.54, 1.807) is 27.6 Å². The van der Waals surface area contributed by atoms with Crippen LogP contribution in [0.3, 0.4) is 0 Å². The first-order chi connectivity index (χ1) is 9.54. The quantitative estimate of drug-likeness (QED) is 0.731. The van der Waals surface area contributed by atoms with Gasteiger partial charge in [-0.25, -0.2) is 9.97 Å². The molecule has 4 N–H and O–H groups in total. The minimum absolute atomic E-state index is 0. The molecule has 0 aliphatic heterocycles. The average molecular weight is 307 g/mol. The van der Waals surface area contributed by atoms with Crippen LogP contribution in [0.1, 0.15) is 11.4 Å². The third-order valence-electron chi connectivity index (χ3n) is 2.79. The van der Waals surface area contributed by atoms with Gasteiger partial charge >= 0.3 is 0 Å². The monoisotopic (exact) mass is 306 g/mol. The predicted octanol–water partition coefficient (Wildman–Crippen LogP) is 1.05. The highest BCUT2D eigenvalue weighted by Crippen LogP contribution is 2.16. The molecule has 0 atom stereocenters. The SMILES string of the molecule is Cc1cc(N)n(-c2cc(-n3nc(C)cc3N)ncn2)n1.Cl. The molecule has 3 rings (SSSR count). The van der Waals surface area contributed by atoms with Crippen molar-refractivity contribution in [1.82, 2.24) is 29.5 Å². The van der Waals surface area contributed by atoms with Crippen LogP contribution >= 0.6 is 12.4 Å². The Morgan fingerprint density at radius 3 is 1.57 bits per heavy atom. The number of rotatable bonds is 2. The highest BCUT2D eigenvalue weighted by Gasteiger charge is 2.10. The Morgan fingerprint density at radius 1 is 0.810 bits per heavy atom. The van der Waals surface area contributed by atoms with Gasteiger partial charge in [0.05, 0.1) is 11.4 Å². The molecule has 0 aromatic carbocycles. The molecule has 3 heterocycles. The largest absolute Gasteiger partial charge is 0.384 e. The molecule has 3 aromatic rings. The minimum Gasteiger partial charge on any atom is -0.384 e. The first-order valence-corrected chi connectivity index (χ1v) is 6.01. The van der Waals surface area contributed by atoms with E-state index in [0.717, 1.165) is 11.4 Å². The molecule has 0 aliphatic rings. The van der Waals surface area contributed by atoms with Gasteiger partial charge in [-0.15, -0.1) is 12.4 Å². The second-order valence-corrected chi connectivity index (χ2v) is 4.48. The molecule has 0 fully saturated rings. The number of aryl methyl sites for hydroxylation is 2. The van der Waals surface area contributed by atoms with E-state index in [-0.39, 0.29) is 12.4 Å². The van der Waals surface area contributed by atoms with Crippen LogP contribution < -0.4 is 11.5 Å². The average Bonchev–Trinajstić information content (AvgIpc) is 2.91. The molecule has 0 bridgehead atoms. The zero-order valence-corrected chi connectivity index (χ0v) is 12.4. The Hall–Kier alpha value is -2.61. The normalized spacial score (nSPS) is 10.4. The molecular formula is C12H15ClN8. The van der Waals surface area contributed by atoms with Gasteiger partial charge in [0.1, 0.15) is 18.0 Å². The van der Waals surface area contributed by atoms with E-state index in [1.807, 2.05) is 13.8 Å². The predicted molar refractivity (Wildman–Crippen MR) is 81.8 cm³/mol. The van der Waals surface area contributed by atoms with E-state index >= 15 is 0 Å². The second kappa shape index (κ2) is 5.41. The Morgan fingerprint density at radius 2 is 1.24 bits per heavy atom. The van der Waals surface area contributed by atoms with Crippen LogP contribution in [-0.2, 0) is 0 Å². The number of nitrogens with two attached hydrogens (primary N) is 2. The second-order valence-electron chi connectivity index (χ2n) is 4.48. The molecule has 0 unspecified atom stereocenters. The van der Waals surface area contributed by atoms with Crippen LogP contribution in [0.2, 0.25) is 0 Å². The van der Waals surface area contributed by atoms with Gasteiger partial charge in [-0.1, -0.05) is 0 Å². The van der Waals surface area contributed by atoms with Gasteiger partial charge in [0.25, 0.3) is 0 Å². The van der Waals surface area contributed by atoms with Gasteiger partial charge in [-0.3, -0.25) is 0 Å². The molecule has 21 heavy (non-hydrogen) atoms. The van der Waals surface area contributed by atoms with Crippen molar-refractivity contribution >= 4 is 24.0 Å². The van der Waals surface area contributed by atoms with Crippen LogP contribution in [0.5, 0.6) is 0 Å². The Balaban J connectivity index is 0.00000161. The molecule has 0 spiro atoms. The molecule has 9 heteroatoms. The topological polar surface area (TPSA) is 113 Å². The van der Waals surface area contributed by atoms with Crippen LogP contribution in [0.15, 0.2) is 24.5 Å². The van der Waals surface area contributed by atoms with Crippen LogP contribution in [0.4, 0.5) is 11.6 Å². The number of hydrogen-bond acceptors (Lipinski definition) is 6. The summed E-state index contributed by atoms with van der Waals surface area (Å²) in [4.78, 5) is 8.35. The number of aromatic nitrogens is 6. The number of nitrogens with zero attached hydrogens (tertiary/aromatic N) is 6. The standard InChI is InChI=1S/C12H14N8.ClH/c1-7-3-9(13)19(17-7)11-5-12(16-6-15-11)20-10(14)4-8(2)18-20;/h3-6H,13-14H2,1-2H3;1H. The molecule has 0 radical (unpaired) electrons. The van der Waals surface area contributed by atoms with Crippen molar-refractivity contribution in [3.63, 3.8) is 0 Å². The zero-order chi connectivity index (χ0) is 14.3. The summed E-state index contributed by atoms with van der Waals surface area (Å²) in [5.74, 6) is 2.15. The third kappa shape index (κ3) is 2.65. The maximum absolute atomic E-state index is 5.89. The van der Waals surface area contributed by atoms with Gasteiger partial charge in [-0.05, 0) is 13.8 Å². The lowest BCUT2D eigenvalue weighted by Gasteiger charge is -2.06. The van der Waals surface area contributed by atoms with Gasteiger partial charge in [-0.2, -0.15) is 19.6 Å². The first-order valence-electron chi connectivity index (χ1n) is 6.01. The lowest BCUT2D eigenvalue weighted by Crippen LogP contribution is -2.09. The van der Waals surface area contributed by atoms with Gasteiger partial charge < -0.3 is 11.5 Å². The maximum atomic E-state index is 5.89. The van der Waals surface area contributed by atoms with Crippen molar-refractivity contribution < 1.29 is 0 Å². The summed E-state index contributed by atoms with van der Waals surface area (Å²) in [7, 11) is 0. The van der Waals surface area contributed by atoms with E-state index in [0.29, 0.717) is 23.3 Å². The van der Waals surface area contributed by atoms with Gasteiger partial charge in [0.15, 0.2) is 11.6 Å². The fraction of sp³-hybridized carbons (Fsp3) is 0.167. The summed E-state index contributed by atoms with van der Waals surface area (Å²) in [5.41, 5.74) is 13.4. The van der Waals surface area contributed by atoms with Crippen molar-refractivity contribution in [2.24, 2.45) is 0 Å². The van der Waals surface area contributed by atoms with Crippen molar-refractivity contribution in [2.75, 3.05) is 11.5 Å². The van der Waals surface area contributed by atoms with Crippen LogP contribution in [-0.4, -0.2) is 29.5 Å². The van der Waals surface area contributed by atoms with Crippen LogP contribution in [0, 0.1) is 13.8 Å². The van der Waals surface area contributed by atoms with E-state index < -0.39 is 0 Å². The lowest BCUT2D eigenvalue weighted by atomic mass is 10.4. The zero-order valence-electron chi connectivity index (χ0n) is 11.6. The molecule has 0 saturated carbocycles. The Kier molecular flexibility index (Phi) is 3.81. The van der Waals surface area contributed by atoms with E-state index in [4.69, 9.17) is 11.5 Å². The number of anilines is 2. The van der Waals surface area contributed by atoms with Gasteiger partial charge in [0.2, 0.25) is 0 Å². The molecule has 110 valence electrons. The fourth-order valence-electron chi connectivity index (χ4n) is 1.97. The summed E-state index contributed by atoms with van der Waals surface area (Å²) >= 11 is 0. The van der Waals surface area contributed by atoms with E-state index in [2.05, 4.69) is 20.2 Å². The van der Waals surface area contributed by atoms with Crippen molar-refractivity contribution in [2.45, 2.75) is 13.8 Å². The summed E-state index contributed by atoms with van der Waals surface area (Å²) in [6, 6.07) is 5.27. The third-order valence-corrected chi connectivity index (χ3v) is 2.79. The Labute approximate surface area is 127 Å². The molecular weight excluding hydrogens is 292 g/mol. The Bertz CT molecular complexity index is 714. The number of nitrogen functional groups attached to an aromatic ring is 2. The molecule has 3 aromatic heterocycles. The summed E-state index contributed by atoms with van der Waals surface area (Å²) in [6.45, 7) is 3.73. The van der Waals surface area contributed by atoms with Crippen molar-refractivity contribution in [3.05, 3.63) is 35.9 Å². The lowest BCUT2D eigenvalue weighted by molar-refractivity contribution is 0.801. The summed E-state index contributed by atoms with van der Waals surface area (Å²) < 4.78 is 3.10. The first kappa shape index (κ1) is 14.8. The van der Waals surface area contributed by atoms with Crippen molar-refractivity contribution in [1.29, 1.82) is 0 Å². The number of hydrogen-bond donors (Lipinski definition) is 2. The summed E-state index contributed by atoms with van der Waals surface area (Å²) in [5, 5.41) is 8.57. The van der Waals surface area contributed by atoms with Crippen molar-refractivity contribution in [3.8, 4) is 11.6 Å². The smallest absolute Gasteiger partial charge is 0.161 e. The van der Waals surface area contributed by atoms with E-state index in [1.165, 1.54) is 6.33 Å². The molecule has 8 nitrogen and oxygen atoms in total. The highest BCUT2D eigenvalue weighted by atomic mass is 35.5. The van der Waals surface area contributed by atoms with Gasteiger partial charge in [0, 0.05) is 18.2 Å².